The van der Waals surface area contributed by atoms with Crippen molar-refractivity contribution in [2.75, 3.05) is 19.0 Å². The Balaban J connectivity index is 0. The molecule has 0 saturated heterocycles. The van der Waals surface area contributed by atoms with Gasteiger partial charge in [-0.05, 0) is 12.3 Å². The molecule has 0 aliphatic carbocycles. The summed E-state index contributed by atoms with van der Waals surface area (Å²) in [6, 6.07) is 0. The first-order chi connectivity index (χ1) is 9.05. The van der Waals surface area contributed by atoms with Gasteiger partial charge < -0.3 is 14.0 Å². The van der Waals surface area contributed by atoms with E-state index in [0.717, 1.165) is 0 Å². The molecule has 7 nitrogen and oxygen atoms in total. The maximum Gasteiger partial charge on any atom is 1.00 e. The average Bonchev–Trinajstić information content (AvgIpc) is 2.34. The molecule has 1 N–H and O–H groups in total. The van der Waals surface area contributed by atoms with E-state index in [2.05, 4.69) is 4.52 Å². The van der Waals surface area contributed by atoms with Crippen LogP contribution in [-0.4, -0.2) is 40.7 Å². The summed E-state index contributed by atoms with van der Waals surface area (Å²) in [5.74, 6) is -0.510. The van der Waals surface area contributed by atoms with Crippen molar-refractivity contribution in [3.8, 4) is 0 Å². The number of rotatable bonds is 9. The van der Waals surface area contributed by atoms with Gasteiger partial charge in [-0.3, -0.25) is 14.8 Å². The van der Waals surface area contributed by atoms with Crippen LogP contribution < -0.4 is 34.5 Å². The van der Waals surface area contributed by atoms with E-state index < -0.39 is 37.3 Å². The molecule has 0 aliphatic heterocycles. The van der Waals surface area contributed by atoms with Gasteiger partial charge in [-0.15, -0.1) is 11.6 Å². The van der Waals surface area contributed by atoms with Gasteiger partial charge in [0.15, 0.2) is 0 Å². The maximum atomic E-state index is 11.6. The summed E-state index contributed by atoms with van der Waals surface area (Å²) < 4.78 is 15.6. The van der Waals surface area contributed by atoms with Gasteiger partial charge in [-0.25, -0.2) is 5.06 Å². The predicted octanol–water partition coefficient (Wildman–Crippen LogP) is -1.63. The fourth-order valence-electron chi connectivity index (χ4n) is 1.26. The zero-order valence-electron chi connectivity index (χ0n) is 12.8. The summed E-state index contributed by atoms with van der Waals surface area (Å²) in [6.07, 6.45) is -0.940. The van der Waals surface area contributed by atoms with Crippen LogP contribution in [-0.2, 0) is 18.7 Å². The molecule has 0 aromatic rings. The van der Waals surface area contributed by atoms with Crippen molar-refractivity contribution < 1.29 is 58.3 Å². The number of nitrogens with zero attached hydrogens (tertiary/aromatic N) is 1. The average molecular weight is 352 g/mol. The zero-order chi connectivity index (χ0) is 16.0. The van der Waals surface area contributed by atoms with E-state index >= 15 is 0 Å². The molecular formula is C11H20ClNNaO6P. The van der Waals surface area contributed by atoms with Gasteiger partial charge in [0.2, 0.25) is 19.0 Å². The summed E-state index contributed by atoms with van der Waals surface area (Å²) in [7, 11) is -4.58. The van der Waals surface area contributed by atoms with Crippen LogP contribution in [0.3, 0.4) is 0 Å². The Hall–Kier alpha value is 0.540. The van der Waals surface area contributed by atoms with Crippen LogP contribution in [0.2, 0.25) is 0 Å². The minimum absolute atomic E-state index is 0. The van der Waals surface area contributed by atoms with Crippen molar-refractivity contribution in [1.29, 1.82) is 0 Å². The molecule has 0 bridgehead atoms. The van der Waals surface area contributed by atoms with E-state index in [1.165, 1.54) is 6.92 Å². The second-order valence-corrected chi connectivity index (χ2v) is 7.08. The smallest absolute Gasteiger partial charge is 0.773 e. The molecule has 0 heterocycles. The van der Waals surface area contributed by atoms with E-state index in [9.17, 15) is 24.3 Å². The van der Waals surface area contributed by atoms with Crippen molar-refractivity contribution in [2.45, 2.75) is 33.6 Å². The number of hydroxylamine groups is 2. The van der Waals surface area contributed by atoms with Crippen molar-refractivity contribution in [2.24, 2.45) is 5.41 Å². The van der Waals surface area contributed by atoms with Crippen LogP contribution in [0.15, 0.2) is 0 Å². The first kappa shape index (κ1) is 23.8. The van der Waals surface area contributed by atoms with Gasteiger partial charge in [0.05, 0.1) is 13.2 Å². The van der Waals surface area contributed by atoms with Crippen molar-refractivity contribution >= 4 is 30.6 Å². The SMILES string of the molecule is CCOP(=O)([O-])C(=O)CCC(=O)N(O)CC(C)(C)CCl.[Na+]. The Morgan fingerprint density at radius 3 is 2.33 bits per heavy atom. The molecule has 0 aromatic heterocycles. The predicted molar refractivity (Wildman–Crippen MR) is 71.5 cm³/mol. The van der Waals surface area contributed by atoms with Crippen LogP contribution in [0.1, 0.15) is 33.6 Å². The number of carbonyl (C=O) groups excluding carboxylic acids is 2. The second kappa shape index (κ2) is 10.3. The Labute approximate surface area is 151 Å². The molecule has 0 spiro atoms. The minimum Gasteiger partial charge on any atom is -0.773 e. The Kier molecular flexibility index (Phi) is 11.7. The number of alkyl halides is 1. The standard InChI is InChI=1S/C11H21ClNO6P.Na/c1-4-19-20(17,18)10(15)6-5-9(14)13(16)8-11(2,3)7-12;/h16H,4-8H2,1-3H3,(H,17,18);/q;+1/p-1. The molecule has 0 rings (SSSR count). The van der Waals surface area contributed by atoms with Gasteiger partial charge in [0, 0.05) is 18.7 Å². The molecule has 1 atom stereocenters. The Bertz CT molecular complexity index is 406. The Morgan fingerprint density at radius 1 is 1.38 bits per heavy atom. The molecule has 21 heavy (non-hydrogen) atoms. The number of hydrogen-bond acceptors (Lipinski definition) is 6. The van der Waals surface area contributed by atoms with Crippen LogP contribution in [0.25, 0.3) is 0 Å². The van der Waals surface area contributed by atoms with Crippen LogP contribution in [0, 0.1) is 5.41 Å². The third-order valence-electron chi connectivity index (χ3n) is 2.38. The van der Waals surface area contributed by atoms with E-state index in [0.29, 0.717) is 5.06 Å². The fourth-order valence-corrected chi connectivity index (χ4v) is 2.21. The number of hydrogen-bond donors (Lipinski definition) is 1. The third kappa shape index (κ3) is 9.31. The summed E-state index contributed by atoms with van der Waals surface area (Å²) in [5, 5.41) is 9.99. The van der Waals surface area contributed by atoms with Crippen LogP contribution in [0.5, 0.6) is 0 Å². The van der Waals surface area contributed by atoms with E-state index in [1.54, 1.807) is 13.8 Å². The third-order valence-corrected chi connectivity index (χ3v) is 4.54. The number of amides is 1. The van der Waals surface area contributed by atoms with Crippen molar-refractivity contribution in [1.82, 2.24) is 5.06 Å². The molecule has 118 valence electrons. The Morgan fingerprint density at radius 2 is 1.90 bits per heavy atom. The molecule has 1 amide bonds. The van der Waals surface area contributed by atoms with Gasteiger partial charge in [-0.2, -0.15) is 0 Å². The minimum atomic E-state index is -4.58. The normalized spacial score (nSPS) is 14.0. The monoisotopic (exact) mass is 351 g/mol. The topological polar surface area (TPSA) is 107 Å². The summed E-state index contributed by atoms with van der Waals surface area (Å²) in [5.41, 5.74) is -1.65. The van der Waals surface area contributed by atoms with E-state index in [4.69, 9.17) is 11.6 Å². The molecule has 0 aliphatic rings. The maximum absolute atomic E-state index is 11.6. The molecule has 10 heteroatoms. The first-order valence-electron chi connectivity index (χ1n) is 6.10. The van der Waals surface area contributed by atoms with Crippen molar-refractivity contribution in [3.05, 3.63) is 0 Å². The molecule has 0 radical (unpaired) electrons. The largest absolute Gasteiger partial charge is 1.00 e. The summed E-state index contributed by atoms with van der Waals surface area (Å²) in [6.45, 7) is 4.79. The van der Waals surface area contributed by atoms with Crippen molar-refractivity contribution in [3.63, 3.8) is 0 Å². The van der Waals surface area contributed by atoms with Gasteiger partial charge >= 0.3 is 29.6 Å². The number of halogens is 1. The zero-order valence-corrected chi connectivity index (χ0v) is 16.4. The first-order valence-corrected chi connectivity index (χ1v) is 8.17. The molecule has 0 fully saturated rings. The van der Waals surface area contributed by atoms with Gasteiger partial charge in [0.25, 0.3) is 0 Å². The number of carbonyl (C=O) groups is 2. The molecule has 1 unspecified atom stereocenters. The van der Waals surface area contributed by atoms with Gasteiger partial charge in [-0.1, -0.05) is 13.8 Å². The molecule has 0 aromatic carbocycles. The summed E-state index contributed by atoms with van der Waals surface area (Å²) in [4.78, 5) is 34.2. The van der Waals surface area contributed by atoms with Crippen LogP contribution in [0.4, 0.5) is 0 Å². The second-order valence-electron chi connectivity index (χ2n) is 5.06. The van der Waals surface area contributed by atoms with E-state index in [-0.39, 0.29) is 48.6 Å². The molecule has 0 saturated carbocycles. The summed E-state index contributed by atoms with van der Waals surface area (Å²) >= 11 is 5.67. The van der Waals surface area contributed by atoms with Gasteiger partial charge in [0.1, 0.15) is 0 Å². The quantitative estimate of drug-likeness (QED) is 0.176. The fraction of sp³-hybridized carbons (Fsp3) is 0.818. The molecular weight excluding hydrogens is 332 g/mol. The van der Waals surface area contributed by atoms with Crippen LogP contribution >= 0.6 is 19.2 Å². The van der Waals surface area contributed by atoms with E-state index in [1.807, 2.05) is 0 Å².